The Bertz CT molecular complexity index is 975. The summed E-state index contributed by atoms with van der Waals surface area (Å²) < 4.78 is 10.9. The summed E-state index contributed by atoms with van der Waals surface area (Å²) in [7, 11) is 1.56. The summed E-state index contributed by atoms with van der Waals surface area (Å²) in [5, 5.41) is 3.92. The molecule has 9 nitrogen and oxygen atoms in total. The van der Waals surface area contributed by atoms with Crippen molar-refractivity contribution in [3.8, 4) is 11.5 Å². The summed E-state index contributed by atoms with van der Waals surface area (Å²) in [5.74, 6) is 0.838. The minimum absolute atomic E-state index is 0.0136. The predicted molar refractivity (Wildman–Crippen MR) is 105 cm³/mol. The number of rotatable bonds is 8. The first-order chi connectivity index (χ1) is 13.3. The van der Waals surface area contributed by atoms with E-state index in [0.717, 1.165) is 5.56 Å². The van der Waals surface area contributed by atoms with Crippen LogP contribution in [0.2, 0.25) is 0 Å². The van der Waals surface area contributed by atoms with Crippen LogP contribution in [0.1, 0.15) is 37.1 Å². The molecule has 28 heavy (non-hydrogen) atoms. The second-order valence-corrected chi connectivity index (χ2v) is 6.38. The third-order valence-electron chi connectivity index (χ3n) is 3.81. The van der Waals surface area contributed by atoms with Crippen molar-refractivity contribution in [3.63, 3.8) is 0 Å². The van der Waals surface area contributed by atoms with Crippen molar-refractivity contribution in [3.05, 3.63) is 55.9 Å². The number of ether oxygens (including phenoxy) is 2. The number of aromatic amines is 2. The predicted octanol–water partition coefficient (Wildman–Crippen LogP) is 1.25. The molecule has 0 aliphatic rings. The van der Waals surface area contributed by atoms with E-state index in [9.17, 15) is 14.4 Å². The van der Waals surface area contributed by atoms with Crippen LogP contribution in [0.3, 0.4) is 0 Å². The number of nitrogens with zero attached hydrogens (tertiary/aromatic N) is 1. The van der Waals surface area contributed by atoms with Crippen LogP contribution in [0.5, 0.6) is 11.5 Å². The Kier molecular flexibility index (Phi) is 7.14. The van der Waals surface area contributed by atoms with Crippen LogP contribution in [0, 0.1) is 6.92 Å². The molecule has 150 valence electrons. The zero-order valence-electron chi connectivity index (χ0n) is 16.3. The van der Waals surface area contributed by atoms with Gasteiger partial charge >= 0.3 is 5.69 Å². The number of carbonyl (C=O) groups is 1. The highest BCUT2D eigenvalue weighted by molar-refractivity contribution is 5.83. The highest BCUT2D eigenvalue weighted by Crippen LogP contribution is 2.28. The van der Waals surface area contributed by atoms with Crippen molar-refractivity contribution in [1.29, 1.82) is 0 Å². The summed E-state index contributed by atoms with van der Waals surface area (Å²) in [5.41, 5.74) is 2.89. The van der Waals surface area contributed by atoms with Crippen molar-refractivity contribution >= 4 is 12.1 Å². The van der Waals surface area contributed by atoms with Gasteiger partial charge in [-0.3, -0.25) is 14.6 Å². The quantitative estimate of drug-likeness (QED) is 0.463. The largest absolute Gasteiger partial charge is 0.493 e. The standard InChI is InChI=1S/C19H24N4O5/c1-11(2)28-16-9-13(5-7-15(16)27-4)10-20-23-17(24)8-6-14-12(3)21-19(26)22-18(14)25/h5,7,9-11H,6,8H2,1-4H3,(H,23,24)(H2,21,22,25,26)/b20-10+. The number of methoxy groups -OCH3 is 1. The number of hydrazone groups is 1. The van der Waals surface area contributed by atoms with E-state index >= 15 is 0 Å². The van der Waals surface area contributed by atoms with Gasteiger partial charge in [-0.25, -0.2) is 10.2 Å². The molecule has 0 spiro atoms. The number of aromatic nitrogens is 2. The summed E-state index contributed by atoms with van der Waals surface area (Å²) in [6.07, 6.45) is 1.72. The first kappa shape index (κ1) is 20.9. The van der Waals surface area contributed by atoms with Crippen LogP contribution < -0.4 is 26.1 Å². The molecular formula is C19H24N4O5. The second-order valence-electron chi connectivity index (χ2n) is 6.38. The van der Waals surface area contributed by atoms with Crippen LogP contribution in [0.15, 0.2) is 32.9 Å². The molecule has 0 atom stereocenters. The van der Waals surface area contributed by atoms with E-state index in [4.69, 9.17) is 9.47 Å². The Morgan fingerprint density at radius 1 is 1.25 bits per heavy atom. The minimum atomic E-state index is -0.569. The van der Waals surface area contributed by atoms with E-state index in [1.807, 2.05) is 13.8 Å². The molecule has 1 amide bonds. The fourth-order valence-electron chi connectivity index (χ4n) is 2.52. The molecule has 2 aromatic rings. The van der Waals surface area contributed by atoms with E-state index in [-0.39, 0.29) is 24.9 Å². The number of H-pyrrole nitrogens is 2. The summed E-state index contributed by atoms with van der Waals surface area (Å²) in [6, 6.07) is 5.30. The molecule has 3 N–H and O–H groups in total. The fourth-order valence-corrected chi connectivity index (χ4v) is 2.52. The van der Waals surface area contributed by atoms with Gasteiger partial charge in [0.2, 0.25) is 5.91 Å². The lowest BCUT2D eigenvalue weighted by molar-refractivity contribution is -0.121. The SMILES string of the molecule is COc1ccc(/C=N/NC(=O)CCc2c(C)[nH]c(=O)[nH]c2=O)cc1OC(C)C. The third kappa shape index (κ3) is 5.83. The lowest BCUT2D eigenvalue weighted by atomic mass is 10.1. The molecule has 0 radical (unpaired) electrons. The molecule has 0 bridgehead atoms. The molecule has 1 heterocycles. The average Bonchev–Trinajstić information content (AvgIpc) is 2.60. The number of aryl methyl sites for hydroxylation is 1. The zero-order valence-corrected chi connectivity index (χ0v) is 16.3. The maximum Gasteiger partial charge on any atom is 0.325 e. The number of hydrogen-bond acceptors (Lipinski definition) is 6. The van der Waals surface area contributed by atoms with Crippen LogP contribution in [0.4, 0.5) is 0 Å². The van der Waals surface area contributed by atoms with Gasteiger partial charge in [0.05, 0.1) is 19.4 Å². The zero-order chi connectivity index (χ0) is 20.7. The van der Waals surface area contributed by atoms with Gasteiger partial charge in [-0.05, 0) is 51.0 Å². The molecule has 0 unspecified atom stereocenters. The van der Waals surface area contributed by atoms with Crippen LogP contribution in [-0.4, -0.2) is 35.3 Å². The van der Waals surface area contributed by atoms with E-state index < -0.39 is 11.2 Å². The third-order valence-corrected chi connectivity index (χ3v) is 3.81. The normalized spacial score (nSPS) is 11.0. The molecule has 0 aliphatic heterocycles. The topological polar surface area (TPSA) is 126 Å². The molecule has 0 saturated carbocycles. The molecular weight excluding hydrogens is 364 g/mol. The fraction of sp³-hybridized carbons (Fsp3) is 0.368. The lowest BCUT2D eigenvalue weighted by Crippen LogP contribution is -2.28. The van der Waals surface area contributed by atoms with E-state index in [0.29, 0.717) is 22.8 Å². The summed E-state index contributed by atoms with van der Waals surface area (Å²) >= 11 is 0. The number of hydrogen-bond donors (Lipinski definition) is 3. The van der Waals surface area contributed by atoms with Crippen molar-refractivity contribution in [2.24, 2.45) is 5.10 Å². The van der Waals surface area contributed by atoms with E-state index in [1.54, 1.807) is 32.2 Å². The Morgan fingerprint density at radius 3 is 2.64 bits per heavy atom. The van der Waals surface area contributed by atoms with Crippen LogP contribution >= 0.6 is 0 Å². The summed E-state index contributed by atoms with van der Waals surface area (Å²) in [4.78, 5) is 39.6. The number of benzene rings is 1. The van der Waals surface area contributed by atoms with E-state index in [1.165, 1.54) is 6.21 Å². The Balaban J connectivity index is 1.96. The van der Waals surface area contributed by atoms with Gasteiger partial charge in [0.25, 0.3) is 5.56 Å². The minimum Gasteiger partial charge on any atom is -0.493 e. The van der Waals surface area contributed by atoms with Gasteiger partial charge in [0.1, 0.15) is 0 Å². The Labute approximate surface area is 161 Å². The second kappa shape index (κ2) is 9.54. The molecule has 9 heteroatoms. The molecule has 0 fully saturated rings. The van der Waals surface area contributed by atoms with Gasteiger partial charge in [0.15, 0.2) is 11.5 Å². The van der Waals surface area contributed by atoms with E-state index in [2.05, 4.69) is 20.5 Å². The van der Waals surface area contributed by atoms with Crippen LogP contribution in [0.25, 0.3) is 0 Å². The highest BCUT2D eigenvalue weighted by atomic mass is 16.5. The number of amides is 1. The first-order valence-corrected chi connectivity index (χ1v) is 8.78. The molecule has 0 saturated heterocycles. The molecule has 1 aromatic carbocycles. The van der Waals surface area contributed by atoms with Crippen LogP contribution in [-0.2, 0) is 11.2 Å². The molecule has 1 aromatic heterocycles. The highest BCUT2D eigenvalue weighted by Gasteiger charge is 2.09. The molecule has 0 aliphatic carbocycles. The smallest absolute Gasteiger partial charge is 0.325 e. The molecule has 2 rings (SSSR count). The lowest BCUT2D eigenvalue weighted by Gasteiger charge is -2.13. The maximum absolute atomic E-state index is 12.0. The van der Waals surface area contributed by atoms with Crippen molar-refractivity contribution in [2.45, 2.75) is 39.7 Å². The van der Waals surface area contributed by atoms with Gasteiger partial charge in [0, 0.05) is 17.7 Å². The first-order valence-electron chi connectivity index (χ1n) is 8.78. The van der Waals surface area contributed by atoms with Gasteiger partial charge in [-0.15, -0.1) is 0 Å². The van der Waals surface area contributed by atoms with Gasteiger partial charge < -0.3 is 14.5 Å². The van der Waals surface area contributed by atoms with Gasteiger partial charge in [-0.1, -0.05) is 0 Å². The summed E-state index contributed by atoms with van der Waals surface area (Å²) in [6.45, 7) is 5.44. The Hall–Kier alpha value is -3.36. The van der Waals surface area contributed by atoms with Crippen molar-refractivity contribution < 1.29 is 14.3 Å². The van der Waals surface area contributed by atoms with Crippen molar-refractivity contribution in [1.82, 2.24) is 15.4 Å². The monoisotopic (exact) mass is 388 g/mol. The number of nitrogens with one attached hydrogen (secondary N) is 3. The average molecular weight is 388 g/mol. The Morgan fingerprint density at radius 2 is 2.00 bits per heavy atom. The maximum atomic E-state index is 12.0. The van der Waals surface area contributed by atoms with Gasteiger partial charge in [-0.2, -0.15) is 5.10 Å². The van der Waals surface area contributed by atoms with Crippen molar-refractivity contribution in [2.75, 3.05) is 7.11 Å². The number of carbonyl (C=O) groups excluding carboxylic acids is 1.